The van der Waals surface area contributed by atoms with Crippen molar-refractivity contribution in [2.24, 2.45) is 5.84 Å². The largest absolute Gasteiger partial charge is 0.371 e. The number of carbonyl (C=O) groups excluding carboxylic acids is 1. The van der Waals surface area contributed by atoms with Gasteiger partial charge in [0.2, 0.25) is 0 Å². The van der Waals surface area contributed by atoms with Crippen LogP contribution in [0.2, 0.25) is 0 Å². The summed E-state index contributed by atoms with van der Waals surface area (Å²) < 4.78 is 30.2. The van der Waals surface area contributed by atoms with Crippen molar-refractivity contribution in [3.05, 3.63) is 0 Å². The van der Waals surface area contributed by atoms with Gasteiger partial charge < -0.3 is 4.74 Å². The molecule has 0 unspecified atom stereocenters. The van der Waals surface area contributed by atoms with Crippen LogP contribution in [-0.2, 0) is 9.53 Å². The molecule has 0 aromatic carbocycles. The van der Waals surface area contributed by atoms with Crippen LogP contribution in [0.4, 0.5) is 8.78 Å². The zero-order valence-corrected chi connectivity index (χ0v) is 7.06. The molecule has 1 saturated carbocycles. The van der Waals surface area contributed by atoms with Crippen LogP contribution in [0, 0.1) is 0 Å². The summed E-state index contributed by atoms with van der Waals surface area (Å²) >= 11 is 0. The van der Waals surface area contributed by atoms with Gasteiger partial charge in [-0.2, -0.15) is 8.78 Å². The minimum absolute atomic E-state index is 0.114. The molecule has 0 bridgehead atoms. The SMILES string of the molecule is NNC(=O)C(F)(F)COC1CCC1. The van der Waals surface area contributed by atoms with Gasteiger partial charge in [-0.3, -0.25) is 10.2 Å². The van der Waals surface area contributed by atoms with E-state index in [9.17, 15) is 13.6 Å². The number of ether oxygens (including phenoxy) is 1. The highest BCUT2D eigenvalue weighted by Crippen LogP contribution is 2.24. The summed E-state index contributed by atoms with van der Waals surface area (Å²) in [6, 6.07) is 0. The van der Waals surface area contributed by atoms with Crippen LogP contribution >= 0.6 is 0 Å². The quantitative estimate of drug-likeness (QED) is 0.381. The summed E-state index contributed by atoms with van der Waals surface area (Å²) in [5.74, 6) is -0.455. The van der Waals surface area contributed by atoms with E-state index >= 15 is 0 Å². The van der Waals surface area contributed by atoms with Gasteiger partial charge in [0.15, 0.2) is 0 Å². The summed E-state index contributed by atoms with van der Waals surface area (Å²) in [7, 11) is 0. The Morgan fingerprint density at radius 2 is 2.23 bits per heavy atom. The number of carbonyl (C=O) groups is 1. The van der Waals surface area contributed by atoms with Gasteiger partial charge in [0.25, 0.3) is 0 Å². The number of halogens is 2. The normalized spacial score (nSPS) is 18.1. The van der Waals surface area contributed by atoms with Crippen LogP contribution in [0.25, 0.3) is 0 Å². The second-order valence-corrected chi connectivity index (χ2v) is 3.04. The lowest BCUT2D eigenvalue weighted by Crippen LogP contribution is -2.47. The van der Waals surface area contributed by atoms with Gasteiger partial charge in [-0.1, -0.05) is 0 Å². The average molecular weight is 194 g/mol. The van der Waals surface area contributed by atoms with Crippen molar-refractivity contribution < 1.29 is 18.3 Å². The standard InChI is InChI=1S/C7H12F2N2O2/c8-7(9,6(12)11-10)4-13-5-2-1-3-5/h5H,1-4,10H2,(H,11,12). The lowest BCUT2D eigenvalue weighted by molar-refractivity contribution is -0.161. The smallest absolute Gasteiger partial charge is 0.348 e. The lowest BCUT2D eigenvalue weighted by atomic mass is 9.96. The molecule has 1 fully saturated rings. The highest BCUT2D eigenvalue weighted by Gasteiger charge is 2.39. The lowest BCUT2D eigenvalue weighted by Gasteiger charge is -2.27. The van der Waals surface area contributed by atoms with Crippen molar-refractivity contribution in [3.63, 3.8) is 0 Å². The molecule has 0 aromatic heterocycles. The van der Waals surface area contributed by atoms with E-state index in [4.69, 9.17) is 4.74 Å². The molecule has 0 aromatic rings. The Hall–Kier alpha value is -0.750. The van der Waals surface area contributed by atoms with E-state index in [1.807, 2.05) is 0 Å². The maximum absolute atomic E-state index is 12.7. The summed E-state index contributed by atoms with van der Waals surface area (Å²) in [5, 5.41) is 0. The maximum Gasteiger partial charge on any atom is 0.348 e. The summed E-state index contributed by atoms with van der Waals surface area (Å²) in [4.78, 5) is 10.5. The fraction of sp³-hybridized carbons (Fsp3) is 0.857. The summed E-state index contributed by atoms with van der Waals surface area (Å²) in [5.41, 5.74) is 1.40. The Kier molecular flexibility index (Phi) is 3.16. The van der Waals surface area contributed by atoms with E-state index < -0.39 is 18.4 Å². The molecule has 1 rings (SSSR count). The van der Waals surface area contributed by atoms with Crippen LogP contribution < -0.4 is 11.3 Å². The highest BCUT2D eigenvalue weighted by atomic mass is 19.3. The van der Waals surface area contributed by atoms with Crippen LogP contribution in [0.3, 0.4) is 0 Å². The van der Waals surface area contributed by atoms with Gasteiger partial charge in [0.1, 0.15) is 6.61 Å². The van der Waals surface area contributed by atoms with Crippen molar-refractivity contribution in [2.45, 2.75) is 31.3 Å². The topological polar surface area (TPSA) is 64.3 Å². The molecule has 76 valence electrons. The fourth-order valence-electron chi connectivity index (χ4n) is 0.931. The van der Waals surface area contributed by atoms with Crippen molar-refractivity contribution in [2.75, 3.05) is 6.61 Å². The van der Waals surface area contributed by atoms with Crippen LogP contribution in [0.1, 0.15) is 19.3 Å². The minimum Gasteiger partial charge on any atom is -0.371 e. The monoisotopic (exact) mass is 194 g/mol. The molecule has 0 saturated heterocycles. The van der Waals surface area contributed by atoms with E-state index in [0.29, 0.717) is 0 Å². The van der Waals surface area contributed by atoms with E-state index in [2.05, 4.69) is 5.84 Å². The number of hydrogen-bond acceptors (Lipinski definition) is 3. The Labute approximate surface area is 74.4 Å². The number of nitrogens with two attached hydrogens (primary N) is 1. The molecule has 0 aliphatic heterocycles. The second-order valence-electron chi connectivity index (χ2n) is 3.04. The zero-order valence-electron chi connectivity index (χ0n) is 7.06. The van der Waals surface area contributed by atoms with Gasteiger partial charge in [-0.15, -0.1) is 0 Å². The number of hydrogen-bond donors (Lipinski definition) is 2. The number of amides is 1. The molecule has 0 atom stereocenters. The molecule has 1 aliphatic rings. The van der Waals surface area contributed by atoms with Crippen LogP contribution in [0.5, 0.6) is 0 Å². The number of alkyl halides is 2. The highest BCUT2D eigenvalue weighted by molar-refractivity contribution is 5.82. The Balaban J connectivity index is 2.27. The van der Waals surface area contributed by atoms with E-state index in [-0.39, 0.29) is 6.10 Å². The third kappa shape index (κ3) is 2.60. The van der Waals surface area contributed by atoms with E-state index in [1.165, 1.54) is 5.43 Å². The zero-order chi connectivity index (χ0) is 9.90. The third-order valence-corrected chi connectivity index (χ3v) is 2.02. The molecule has 6 heteroatoms. The van der Waals surface area contributed by atoms with E-state index in [1.54, 1.807) is 0 Å². The first-order valence-corrected chi connectivity index (χ1v) is 4.07. The maximum atomic E-state index is 12.7. The van der Waals surface area contributed by atoms with Gasteiger partial charge in [0, 0.05) is 0 Å². The Morgan fingerprint density at radius 1 is 1.62 bits per heavy atom. The van der Waals surface area contributed by atoms with Crippen molar-refractivity contribution in [1.29, 1.82) is 0 Å². The first kappa shape index (κ1) is 10.3. The molecule has 4 nitrogen and oxygen atoms in total. The third-order valence-electron chi connectivity index (χ3n) is 2.02. The first-order chi connectivity index (χ1) is 6.06. The molecular formula is C7H12F2N2O2. The predicted octanol–water partition coefficient (Wildman–Crippen LogP) is 0.181. The number of nitrogens with one attached hydrogen (secondary N) is 1. The van der Waals surface area contributed by atoms with Gasteiger partial charge in [-0.05, 0) is 19.3 Å². The van der Waals surface area contributed by atoms with Gasteiger partial charge in [-0.25, -0.2) is 5.84 Å². The fourth-order valence-corrected chi connectivity index (χ4v) is 0.931. The number of rotatable bonds is 4. The summed E-state index contributed by atoms with van der Waals surface area (Å²) in [6.07, 6.45) is 2.47. The minimum atomic E-state index is -3.52. The molecule has 0 spiro atoms. The summed E-state index contributed by atoms with van der Waals surface area (Å²) in [6.45, 7) is -0.888. The number of hydrazine groups is 1. The molecular weight excluding hydrogens is 182 g/mol. The van der Waals surface area contributed by atoms with Crippen LogP contribution in [-0.4, -0.2) is 24.5 Å². The Bertz CT molecular complexity index is 195. The molecule has 0 radical (unpaired) electrons. The first-order valence-electron chi connectivity index (χ1n) is 4.07. The Morgan fingerprint density at radius 3 is 2.62 bits per heavy atom. The van der Waals surface area contributed by atoms with Gasteiger partial charge >= 0.3 is 11.8 Å². The van der Waals surface area contributed by atoms with Crippen LogP contribution in [0.15, 0.2) is 0 Å². The molecule has 1 aliphatic carbocycles. The van der Waals surface area contributed by atoms with Crippen molar-refractivity contribution in [3.8, 4) is 0 Å². The van der Waals surface area contributed by atoms with Crippen molar-refractivity contribution in [1.82, 2.24) is 5.43 Å². The van der Waals surface area contributed by atoms with E-state index in [0.717, 1.165) is 19.3 Å². The molecule has 1 amide bonds. The predicted molar refractivity (Wildman–Crippen MR) is 40.9 cm³/mol. The molecule has 13 heavy (non-hydrogen) atoms. The average Bonchev–Trinajstić information content (AvgIpc) is 1.99. The molecule has 3 N–H and O–H groups in total. The second kappa shape index (κ2) is 3.97. The van der Waals surface area contributed by atoms with Gasteiger partial charge in [0.05, 0.1) is 6.10 Å². The molecule has 0 heterocycles. The van der Waals surface area contributed by atoms with Crippen molar-refractivity contribution >= 4 is 5.91 Å².